The number of aryl methyl sites for hydroxylation is 1. The van der Waals surface area contributed by atoms with Crippen molar-refractivity contribution in [3.8, 4) is 0 Å². The number of carbonyl (C=O) groups excluding carboxylic acids is 1. The smallest absolute Gasteiger partial charge is 0.408 e. The molecule has 160 valence electrons. The Balaban J connectivity index is 1.79. The summed E-state index contributed by atoms with van der Waals surface area (Å²) in [6.45, 7) is 3.61. The predicted octanol–water partition coefficient (Wildman–Crippen LogP) is 2.27. The van der Waals surface area contributed by atoms with Gasteiger partial charge in [-0.05, 0) is 30.9 Å². The minimum Gasteiger partial charge on any atom is -0.408 e. The number of benzene rings is 1. The van der Waals surface area contributed by atoms with E-state index in [0.29, 0.717) is 5.52 Å². The molecule has 2 N–H and O–H groups in total. The normalized spacial score (nSPS) is 17.4. The molecule has 1 aliphatic carbocycles. The molecule has 0 spiro atoms. The van der Waals surface area contributed by atoms with Gasteiger partial charge in [0.2, 0.25) is 15.9 Å². The van der Waals surface area contributed by atoms with E-state index in [9.17, 15) is 18.0 Å². The molecule has 0 aliphatic heterocycles. The number of rotatable bonds is 6. The van der Waals surface area contributed by atoms with Crippen molar-refractivity contribution >= 4 is 27.0 Å². The van der Waals surface area contributed by atoms with E-state index in [1.807, 2.05) is 0 Å². The van der Waals surface area contributed by atoms with Gasteiger partial charge in [0.15, 0.2) is 5.58 Å². The van der Waals surface area contributed by atoms with Crippen LogP contribution in [0.5, 0.6) is 0 Å². The number of nitrogens with one attached hydrogen (secondary N) is 2. The van der Waals surface area contributed by atoms with E-state index in [-0.39, 0.29) is 28.3 Å². The molecule has 1 aromatic heterocycles. The number of hydrogen-bond acceptors (Lipinski definition) is 5. The molecule has 1 aromatic carbocycles. The highest BCUT2D eigenvalue weighted by atomic mass is 32.2. The van der Waals surface area contributed by atoms with Crippen LogP contribution in [-0.4, -0.2) is 31.0 Å². The quantitative estimate of drug-likeness (QED) is 0.693. The maximum atomic E-state index is 12.9. The first-order valence-electron chi connectivity index (χ1n) is 10.1. The fraction of sp³-hybridized carbons (Fsp3) is 0.600. The Morgan fingerprint density at radius 2 is 1.83 bits per heavy atom. The minimum atomic E-state index is -3.97. The molecule has 0 saturated heterocycles. The van der Waals surface area contributed by atoms with Crippen molar-refractivity contribution in [2.24, 2.45) is 13.0 Å². The van der Waals surface area contributed by atoms with Crippen LogP contribution in [0.15, 0.2) is 32.3 Å². The Kier molecular flexibility index (Phi) is 6.48. The van der Waals surface area contributed by atoms with Gasteiger partial charge in [-0.25, -0.2) is 13.2 Å². The minimum absolute atomic E-state index is 0.0488. The van der Waals surface area contributed by atoms with Gasteiger partial charge >= 0.3 is 5.76 Å². The van der Waals surface area contributed by atoms with E-state index in [1.165, 1.54) is 35.6 Å². The molecule has 1 heterocycles. The van der Waals surface area contributed by atoms with Crippen molar-refractivity contribution in [1.29, 1.82) is 0 Å². The monoisotopic (exact) mass is 423 g/mol. The predicted molar refractivity (Wildman–Crippen MR) is 110 cm³/mol. The van der Waals surface area contributed by atoms with Crippen LogP contribution in [0.25, 0.3) is 11.1 Å². The first kappa shape index (κ1) is 21.6. The van der Waals surface area contributed by atoms with Gasteiger partial charge in [0.05, 0.1) is 10.4 Å². The van der Waals surface area contributed by atoms with Crippen LogP contribution in [0.2, 0.25) is 0 Å². The van der Waals surface area contributed by atoms with Crippen molar-refractivity contribution < 1.29 is 17.6 Å². The lowest BCUT2D eigenvalue weighted by Gasteiger charge is -2.25. The summed E-state index contributed by atoms with van der Waals surface area (Å²) in [6, 6.07) is 3.43. The van der Waals surface area contributed by atoms with Crippen LogP contribution in [0, 0.1) is 5.92 Å². The Bertz CT molecular complexity index is 1030. The van der Waals surface area contributed by atoms with Crippen molar-refractivity contribution in [1.82, 2.24) is 14.6 Å². The summed E-state index contributed by atoms with van der Waals surface area (Å²) in [6.07, 6.45) is 6.34. The summed E-state index contributed by atoms with van der Waals surface area (Å²) in [5.41, 5.74) is 0.685. The first-order valence-corrected chi connectivity index (χ1v) is 11.6. The number of aromatic nitrogens is 1. The number of amides is 1. The molecule has 1 unspecified atom stereocenters. The maximum Gasteiger partial charge on any atom is 0.419 e. The van der Waals surface area contributed by atoms with Crippen LogP contribution in [0.4, 0.5) is 0 Å². The molecule has 29 heavy (non-hydrogen) atoms. The molecule has 1 saturated carbocycles. The first-order chi connectivity index (χ1) is 13.7. The van der Waals surface area contributed by atoms with Gasteiger partial charge in [0, 0.05) is 19.2 Å². The zero-order valence-corrected chi connectivity index (χ0v) is 17.9. The summed E-state index contributed by atoms with van der Waals surface area (Å²) < 4.78 is 34.8. The number of oxazole rings is 1. The van der Waals surface area contributed by atoms with Gasteiger partial charge < -0.3 is 9.73 Å². The Morgan fingerprint density at radius 3 is 2.45 bits per heavy atom. The second-order valence-electron chi connectivity index (χ2n) is 8.10. The van der Waals surface area contributed by atoms with Gasteiger partial charge in [-0.15, -0.1) is 0 Å². The van der Waals surface area contributed by atoms with Crippen LogP contribution >= 0.6 is 0 Å². The second kappa shape index (κ2) is 8.71. The lowest BCUT2D eigenvalue weighted by molar-refractivity contribution is -0.124. The van der Waals surface area contributed by atoms with Crippen LogP contribution in [0.3, 0.4) is 0 Å². The topological polar surface area (TPSA) is 110 Å². The SMILES string of the molecule is CC(C)C(NS(=O)(=O)c1ccc2c(c1)oc(=O)n2C)C(=O)NC1CCCCCC1. The summed E-state index contributed by atoms with van der Waals surface area (Å²) in [5.74, 6) is -1.10. The third-order valence-corrected chi connectivity index (χ3v) is 6.95. The lowest BCUT2D eigenvalue weighted by Crippen LogP contribution is -2.51. The van der Waals surface area contributed by atoms with Crippen molar-refractivity contribution in [2.75, 3.05) is 0 Å². The molecule has 9 heteroatoms. The molecule has 1 amide bonds. The Labute approximate surface area is 170 Å². The standard InChI is InChI=1S/C20H29N3O5S/c1-13(2)18(19(24)21-14-8-6-4-5-7-9-14)22-29(26,27)15-10-11-16-17(12-15)28-20(25)23(16)3/h10-14,18,22H,4-9H2,1-3H3,(H,21,24). The van der Waals surface area contributed by atoms with E-state index in [2.05, 4.69) is 10.0 Å². The Morgan fingerprint density at radius 1 is 1.17 bits per heavy atom. The third-order valence-electron chi connectivity index (χ3n) is 5.51. The third kappa shape index (κ3) is 4.90. The lowest BCUT2D eigenvalue weighted by atomic mass is 10.0. The molecule has 1 fully saturated rings. The highest BCUT2D eigenvalue weighted by molar-refractivity contribution is 7.89. The number of nitrogens with zero attached hydrogens (tertiary/aromatic N) is 1. The molecule has 8 nitrogen and oxygen atoms in total. The van der Waals surface area contributed by atoms with E-state index in [4.69, 9.17) is 4.42 Å². The molecule has 3 rings (SSSR count). The Hall–Kier alpha value is -2.13. The van der Waals surface area contributed by atoms with Crippen molar-refractivity contribution in [3.05, 3.63) is 28.7 Å². The van der Waals surface area contributed by atoms with Crippen LogP contribution in [0.1, 0.15) is 52.4 Å². The number of hydrogen-bond donors (Lipinski definition) is 2. The fourth-order valence-electron chi connectivity index (χ4n) is 3.72. The second-order valence-corrected chi connectivity index (χ2v) is 9.81. The summed E-state index contributed by atoms with van der Waals surface area (Å²) in [7, 11) is -2.43. The van der Waals surface area contributed by atoms with Crippen LogP contribution in [-0.2, 0) is 21.9 Å². The van der Waals surface area contributed by atoms with Gasteiger partial charge in [-0.3, -0.25) is 9.36 Å². The highest BCUT2D eigenvalue weighted by Crippen LogP contribution is 2.20. The average Bonchev–Trinajstić information content (AvgIpc) is 2.83. The summed E-state index contributed by atoms with van der Waals surface area (Å²) >= 11 is 0. The van der Waals surface area contributed by atoms with Gasteiger partial charge in [-0.1, -0.05) is 39.5 Å². The van der Waals surface area contributed by atoms with E-state index in [0.717, 1.165) is 25.7 Å². The van der Waals surface area contributed by atoms with Crippen LogP contribution < -0.4 is 15.8 Å². The number of fused-ring (bicyclic) bond motifs is 1. The largest absolute Gasteiger partial charge is 0.419 e. The molecule has 1 aliphatic rings. The molecular weight excluding hydrogens is 394 g/mol. The summed E-state index contributed by atoms with van der Waals surface area (Å²) in [5, 5.41) is 3.03. The van der Waals surface area contributed by atoms with E-state index < -0.39 is 21.8 Å². The van der Waals surface area contributed by atoms with E-state index >= 15 is 0 Å². The average molecular weight is 424 g/mol. The molecule has 0 radical (unpaired) electrons. The summed E-state index contributed by atoms with van der Waals surface area (Å²) in [4.78, 5) is 24.4. The number of sulfonamides is 1. The maximum absolute atomic E-state index is 12.9. The molecule has 1 atom stereocenters. The van der Waals surface area contributed by atoms with Crippen molar-refractivity contribution in [3.63, 3.8) is 0 Å². The molecule has 2 aromatic rings. The highest BCUT2D eigenvalue weighted by Gasteiger charge is 2.30. The molecule has 0 bridgehead atoms. The zero-order chi connectivity index (χ0) is 21.2. The van der Waals surface area contributed by atoms with E-state index in [1.54, 1.807) is 20.9 Å². The van der Waals surface area contributed by atoms with Gasteiger partial charge in [0.1, 0.15) is 6.04 Å². The molecular formula is C20H29N3O5S. The number of carbonyl (C=O) groups is 1. The van der Waals surface area contributed by atoms with Crippen molar-refractivity contribution in [2.45, 2.75) is 69.4 Å². The van der Waals surface area contributed by atoms with Gasteiger partial charge in [-0.2, -0.15) is 4.72 Å². The fourth-order valence-corrected chi connectivity index (χ4v) is 5.08. The zero-order valence-electron chi connectivity index (χ0n) is 17.1. The van der Waals surface area contributed by atoms with Gasteiger partial charge in [0.25, 0.3) is 0 Å².